The summed E-state index contributed by atoms with van der Waals surface area (Å²) in [6, 6.07) is 1.31. The molecule has 1 N–H and O–H groups in total. The summed E-state index contributed by atoms with van der Waals surface area (Å²) in [5.41, 5.74) is 0.166. The molecule has 1 fully saturated rings. The Kier molecular flexibility index (Phi) is 4.21. The first-order valence-electron chi connectivity index (χ1n) is 6.09. The number of nitrogens with one attached hydrogen (secondary N) is 1. The Morgan fingerprint density at radius 1 is 1.63 bits per heavy atom. The Balaban J connectivity index is 1.95. The lowest BCUT2D eigenvalue weighted by atomic mass is 10.0. The number of anilines is 1. The van der Waals surface area contributed by atoms with Crippen molar-refractivity contribution in [3.8, 4) is 0 Å². The molecule has 1 aliphatic rings. The van der Waals surface area contributed by atoms with Crippen LogP contribution in [0, 0.1) is 15.5 Å². The average Bonchev–Trinajstić information content (AvgIpc) is 3.15. The van der Waals surface area contributed by atoms with Gasteiger partial charge in [-0.05, 0) is 24.7 Å². The van der Waals surface area contributed by atoms with E-state index in [1.807, 2.05) is 0 Å². The molecule has 0 radical (unpaired) electrons. The predicted octanol–water partition coefficient (Wildman–Crippen LogP) is 2.87. The van der Waals surface area contributed by atoms with Gasteiger partial charge in [-0.1, -0.05) is 11.6 Å². The maximum Gasteiger partial charge on any atom is 0.289 e. The lowest BCUT2D eigenvalue weighted by Crippen LogP contribution is -2.18. The lowest BCUT2D eigenvalue weighted by molar-refractivity contribution is -0.385. The molecule has 7 heteroatoms. The summed E-state index contributed by atoms with van der Waals surface area (Å²) in [7, 11) is 1.69. The molecule has 19 heavy (non-hydrogen) atoms. The highest BCUT2D eigenvalue weighted by molar-refractivity contribution is 6.33. The van der Waals surface area contributed by atoms with E-state index in [0.29, 0.717) is 5.82 Å². The minimum atomic E-state index is -0.510. The highest BCUT2D eigenvalue weighted by Gasteiger charge is 2.41. The zero-order valence-corrected chi connectivity index (χ0v) is 11.4. The van der Waals surface area contributed by atoms with Crippen molar-refractivity contribution in [2.75, 3.05) is 25.6 Å². The quantitative estimate of drug-likeness (QED) is 0.616. The molecule has 0 atom stereocenters. The van der Waals surface area contributed by atoms with E-state index in [-0.39, 0.29) is 16.1 Å². The van der Waals surface area contributed by atoms with Gasteiger partial charge in [0.05, 0.1) is 9.95 Å². The second kappa shape index (κ2) is 5.71. The van der Waals surface area contributed by atoms with Gasteiger partial charge in [0.15, 0.2) is 0 Å². The zero-order chi connectivity index (χ0) is 13.9. The molecule has 0 bridgehead atoms. The zero-order valence-electron chi connectivity index (χ0n) is 10.7. The van der Waals surface area contributed by atoms with Crippen molar-refractivity contribution >= 4 is 23.1 Å². The molecule has 0 saturated heterocycles. The van der Waals surface area contributed by atoms with Gasteiger partial charge in [0, 0.05) is 26.3 Å². The van der Waals surface area contributed by atoms with Crippen LogP contribution in [0.15, 0.2) is 12.3 Å². The Labute approximate surface area is 116 Å². The third-order valence-electron chi connectivity index (χ3n) is 3.46. The number of aromatic nitrogens is 1. The lowest BCUT2D eigenvalue weighted by Gasteiger charge is -2.16. The van der Waals surface area contributed by atoms with E-state index < -0.39 is 4.92 Å². The summed E-state index contributed by atoms with van der Waals surface area (Å²) in [6.07, 6.45) is 4.53. The topological polar surface area (TPSA) is 77.3 Å². The minimum absolute atomic E-state index is 0.101. The summed E-state index contributed by atoms with van der Waals surface area (Å²) >= 11 is 5.97. The summed E-state index contributed by atoms with van der Waals surface area (Å²) in [5.74, 6) is 0.496. The molecule has 0 amide bonds. The molecule has 0 spiro atoms. The van der Waals surface area contributed by atoms with Gasteiger partial charge in [-0.2, -0.15) is 0 Å². The van der Waals surface area contributed by atoms with Gasteiger partial charge in [0.1, 0.15) is 12.0 Å². The largest absolute Gasteiger partial charge is 0.385 e. The molecule has 1 aliphatic carbocycles. The molecule has 104 valence electrons. The molecular weight excluding hydrogens is 270 g/mol. The van der Waals surface area contributed by atoms with Crippen LogP contribution in [-0.4, -0.2) is 30.2 Å². The fourth-order valence-corrected chi connectivity index (χ4v) is 2.17. The first kappa shape index (κ1) is 14.0. The molecule has 2 rings (SSSR count). The molecule has 1 aromatic rings. The fraction of sp³-hybridized carbons (Fsp3) is 0.583. The fourth-order valence-electron chi connectivity index (χ4n) is 1.94. The Bertz CT molecular complexity index is 477. The number of hydrogen-bond donors (Lipinski definition) is 1. The number of hydrogen-bond acceptors (Lipinski definition) is 5. The van der Waals surface area contributed by atoms with Gasteiger partial charge < -0.3 is 10.1 Å². The normalized spacial score (nSPS) is 16.1. The number of pyridine rings is 1. The minimum Gasteiger partial charge on any atom is -0.385 e. The maximum atomic E-state index is 10.6. The molecule has 1 saturated carbocycles. The molecular formula is C12H16ClN3O3. The van der Waals surface area contributed by atoms with Crippen LogP contribution in [-0.2, 0) is 4.74 Å². The SMILES string of the molecule is COCCC1(CNc2ncc([N+](=O)[O-])cc2Cl)CC1. The highest BCUT2D eigenvalue weighted by atomic mass is 35.5. The van der Waals surface area contributed by atoms with Gasteiger partial charge in [0.25, 0.3) is 5.69 Å². The Morgan fingerprint density at radius 3 is 2.89 bits per heavy atom. The van der Waals surface area contributed by atoms with Crippen molar-refractivity contribution < 1.29 is 9.66 Å². The Hall–Kier alpha value is -1.40. The van der Waals surface area contributed by atoms with E-state index in [0.717, 1.165) is 32.4 Å². The number of methoxy groups -OCH3 is 1. The van der Waals surface area contributed by atoms with Crippen LogP contribution in [0.5, 0.6) is 0 Å². The van der Waals surface area contributed by atoms with E-state index in [9.17, 15) is 10.1 Å². The van der Waals surface area contributed by atoms with Gasteiger partial charge in [-0.3, -0.25) is 10.1 Å². The molecule has 0 aliphatic heterocycles. The van der Waals surface area contributed by atoms with Crippen LogP contribution in [0.3, 0.4) is 0 Å². The number of rotatable bonds is 7. The number of nitrogens with zero attached hydrogens (tertiary/aromatic N) is 2. The van der Waals surface area contributed by atoms with Crippen LogP contribution >= 0.6 is 11.6 Å². The van der Waals surface area contributed by atoms with Gasteiger partial charge >= 0.3 is 0 Å². The number of nitro groups is 1. The molecule has 1 aromatic heterocycles. The maximum absolute atomic E-state index is 10.6. The van der Waals surface area contributed by atoms with Crippen molar-refractivity contribution in [2.45, 2.75) is 19.3 Å². The number of halogens is 1. The molecule has 6 nitrogen and oxygen atoms in total. The van der Waals surface area contributed by atoms with Crippen LogP contribution in [0.4, 0.5) is 11.5 Å². The van der Waals surface area contributed by atoms with Crippen molar-refractivity contribution in [3.63, 3.8) is 0 Å². The second-order valence-corrected chi connectivity index (χ2v) is 5.28. The molecule has 0 unspecified atom stereocenters. The van der Waals surface area contributed by atoms with E-state index >= 15 is 0 Å². The summed E-state index contributed by atoms with van der Waals surface area (Å²) in [6.45, 7) is 1.50. The Morgan fingerprint density at radius 2 is 2.37 bits per heavy atom. The third kappa shape index (κ3) is 3.54. The van der Waals surface area contributed by atoms with E-state index in [2.05, 4.69) is 10.3 Å². The van der Waals surface area contributed by atoms with E-state index in [1.165, 1.54) is 12.3 Å². The second-order valence-electron chi connectivity index (χ2n) is 4.88. The van der Waals surface area contributed by atoms with Gasteiger partial charge in [-0.25, -0.2) is 4.98 Å². The monoisotopic (exact) mass is 285 g/mol. The van der Waals surface area contributed by atoms with E-state index in [1.54, 1.807) is 7.11 Å². The molecule has 1 heterocycles. The van der Waals surface area contributed by atoms with Crippen LogP contribution in [0.1, 0.15) is 19.3 Å². The van der Waals surface area contributed by atoms with Crippen LogP contribution in [0.25, 0.3) is 0 Å². The van der Waals surface area contributed by atoms with Crippen LogP contribution < -0.4 is 5.32 Å². The van der Waals surface area contributed by atoms with Crippen molar-refractivity contribution in [2.24, 2.45) is 5.41 Å². The summed E-state index contributed by atoms with van der Waals surface area (Å²) in [4.78, 5) is 14.1. The summed E-state index contributed by atoms with van der Waals surface area (Å²) < 4.78 is 5.09. The standard InChI is InChI=1S/C12H16ClN3O3/c1-19-5-4-12(2-3-12)8-15-11-10(13)6-9(7-14-11)16(17)18/h6-7H,2-5,8H2,1H3,(H,14,15). The smallest absolute Gasteiger partial charge is 0.289 e. The van der Waals surface area contributed by atoms with Crippen molar-refractivity contribution in [1.29, 1.82) is 0 Å². The average molecular weight is 286 g/mol. The first-order valence-corrected chi connectivity index (χ1v) is 6.47. The highest BCUT2D eigenvalue weighted by Crippen LogP contribution is 2.48. The van der Waals surface area contributed by atoms with Gasteiger partial charge in [-0.15, -0.1) is 0 Å². The van der Waals surface area contributed by atoms with E-state index in [4.69, 9.17) is 16.3 Å². The van der Waals surface area contributed by atoms with Gasteiger partial charge in [0.2, 0.25) is 0 Å². The van der Waals surface area contributed by atoms with Crippen molar-refractivity contribution in [1.82, 2.24) is 4.98 Å². The molecule has 0 aromatic carbocycles. The van der Waals surface area contributed by atoms with Crippen LogP contribution in [0.2, 0.25) is 5.02 Å². The first-order chi connectivity index (χ1) is 9.06. The summed E-state index contributed by atoms with van der Waals surface area (Å²) in [5, 5.41) is 14.0. The van der Waals surface area contributed by atoms with Crippen molar-refractivity contribution in [3.05, 3.63) is 27.4 Å². The predicted molar refractivity (Wildman–Crippen MR) is 72.6 cm³/mol. The number of ether oxygens (including phenoxy) is 1. The third-order valence-corrected chi connectivity index (χ3v) is 3.75.